The molecule has 0 spiro atoms. The summed E-state index contributed by atoms with van der Waals surface area (Å²) in [4.78, 5) is 23.1. The highest BCUT2D eigenvalue weighted by atomic mass is 16.5. The molecule has 0 heterocycles. The molecule has 2 rings (SSSR count). The molecular weight excluding hydrogens is 396 g/mol. The molecule has 0 bridgehead atoms. The van der Waals surface area contributed by atoms with Crippen molar-refractivity contribution in [1.29, 1.82) is 0 Å². The van der Waals surface area contributed by atoms with E-state index in [9.17, 15) is 19.8 Å². The van der Waals surface area contributed by atoms with E-state index in [4.69, 9.17) is 9.84 Å². The smallest absolute Gasteiger partial charge is 0.333 e. The van der Waals surface area contributed by atoms with Crippen molar-refractivity contribution in [3.8, 4) is 0 Å². The Labute approximate surface area is 187 Å². The summed E-state index contributed by atoms with van der Waals surface area (Å²) in [5, 5.41) is 29.1. The lowest BCUT2D eigenvalue weighted by Gasteiger charge is -2.55. The maximum absolute atomic E-state index is 12.4. The minimum absolute atomic E-state index is 0.0689. The standard InChI is InChI=1S/C25H42O6/c1-13(2)25(30)31-21-10-14(3)17(6)23-16(5)9-15(4)20(24(21)23)8-7-18(26)11-19(27)12-22(28)29/h14-21,23-24,26-27H,1,7-12H2,2-6H3,(H,28,29). The van der Waals surface area contributed by atoms with Crippen molar-refractivity contribution in [1.82, 2.24) is 0 Å². The van der Waals surface area contributed by atoms with Crippen LogP contribution in [0.15, 0.2) is 12.2 Å². The first kappa shape index (κ1) is 25.9. The van der Waals surface area contributed by atoms with Gasteiger partial charge in [0.2, 0.25) is 0 Å². The number of aliphatic hydroxyl groups is 2. The molecule has 6 nitrogen and oxygen atoms in total. The fraction of sp³-hybridized carbons (Fsp3) is 0.840. The van der Waals surface area contributed by atoms with Crippen LogP contribution in [0.4, 0.5) is 0 Å². The van der Waals surface area contributed by atoms with Gasteiger partial charge in [0.05, 0.1) is 18.6 Å². The maximum Gasteiger partial charge on any atom is 0.333 e. The average molecular weight is 439 g/mol. The molecule has 2 aliphatic carbocycles. The second-order valence-electron chi connectivity index (χ2n) is 10.5. The van der Waals surface area contributed by atoms with Gasteiger partial charge in [-0.15, -0.1) is 0 Å². The number of rotatable bonds is 9. The molecule has 31 heavy (non-hydrogen) atoms. The van der Waals surface area contributed by atoms with Crippen LogP contribution in [-0.2, 0) is 14.3 Å². The Balaban J connectivity index is 2.16. The average Bonchev–Trinajstić information content (AvgIpc) is 2.63. The molecule has 0 aromatic carbocycles. The Morgan fingerprint density at radius 2 is 1.65 bits per heavy atom. The molecular formula is C25H42O6. The van der Waals surface area contributed by atoms with Crippen LogP contribution in [0.3, 0.4) is 0 Å². The van der Waals surface area contributed by atoms with E-state index in [0.29, 0.717) is 47.5 Å². The highest BCUT2D eigenvalue weighted by Crippen LogP contribution is 2.54. The zero-order valence-corrected chi connectivity index (χ0v) is 19.8. The summed E-state index contributed by atoms with van der Waals surface area (Å²) in [5.41, 5.74) is 0.416. The predicted molar refractivity (Wildman–Crippen MR) is 119 cm³/mol. The molecule has 0 radical (unpaired) electrons. The van der Waals surface area contributed by atoms with Crippen molar-refractivity contribution in [3.05, 3.63) is 12.2 Å². The number of aliphatic carboxylic acids is 1. The van der Waals surface area contributed by atoms with Gasteiger partial charge in [-0.05, 0) is 74.5 Å². The Morgan fingerprint density at radius 3 is 2.23 bits per heavy atom. The third-order valence-electron chi connectivity index (χ3n) is 8.00. The van der Waals surface area contributed by atoms with Crippen LogP contribution in [0.2, 0.25) is 0 Å². The summed E-state index contributed by atoms with van der Waals surface area (Å²) < 4.78 is 5.98. The number of carboxylic acid groups (broad SMARTS) is 1. The SMILES string of the molecule is C=C(C)C(=O)OC1CC(C)C(C)C2C(C)CC(C)C(CCC(O)CC(O)CC(=O)O)C12. The number of fused-ring (bicyclic) bond motifs is 1. The van der Waals surface area contributed by atoms with Crippen LogP contribution in [0.25, 0.3) is 0 Å². The number of hydrogen-bond donors (Lipinski definition) is 3. The van der Waals surface area contributed by atoms with Crippen LogP contribution in [0.5, 0.6) is 0 Å². The van der Waals surface area contributed by atoms with Crippen LogP contribution < -0.4 is 0 Å². The molecule has 2 aliphatic rings. The van der Waals surface area contributed by atoms with Crippen LogP contribution in [-0.4, -0.2) is 45.6 Å². The first-order valence-corrected chi connectivity index (χ1v) is 11.9. The lowest BCUT2D eigenvalue weighted by atomic mass is 9.52. The van der Waals surface area contributed by atoms with Crippen LogP contribution in [0.1, 0.15) is 73.1 Å². The Bertz CT molecular complexity index is 646. The second kappa shape index (κ2) is 11.0. The van der Waals surface area contributed by atoms with E-state index in [1.165, 1.54) is 0 Å². The van der Waals surface area contributed by atoms with Gasteiger partial charge in [-0.2, -0.15) is 0 Å². The van der Waals surface area contributed by atoms with Crippen molar-refractivity contribution in [3.63, 3.8) is 0 Å². The van der Waals surface area contributed by atoms with E-state index < -0.39 is 18.2 Å². The number of aliphatic hydroxyl groups excluding tert-OH is 2. The molecule has 0 saturated heterocycles. The minimum atomic E-state index is -1.06. The molecule has 3 N–H and O–H groups in total. The van der Waals surface area contributed by atoms with Crippen molar-refractivity contribution >= 4 is 11.9 Å². The fourth-order valence-corrected chi connectivity index (χ4v) is 6.42. The zero-order chi connectivity index (χ0) is 23.5. The van der Waals surface area contributed by atoms with E-state index in [-0.39, 0.29) is 30.8 Å². The van der Waals surface area contributed by atoms with E-state index in [2.05, 4.69) is 34.3 Å². The number of esters is 1. The number of carbonyl (C=O) groups is 2. The monoisotopic (exact) mass is 438 g/mol. The molecule has 2 saturated carbocycles. The number of ether oxygens (including phenoxy) is 1. The number of carboxylic acids is 1. The Morgan fingerprint density at radius 1 is 1.00 bits per heavy atom. The Hall–Kier alpha value is -1.40. The summed E-state index contributed by atoms with van der Waals surface area (Å²) in [7, 11) is 0. The minimum Gasteiger partial charge on any atom is -0.481 e. The molecule has 2 fully saturated rings. The molecule has 0 amide bonds. The lowest BCUT2D eigenvalue weighted by Crippen LogP contribution is -2.53. The number of hydrogen-bond acceptors (Lipinski definition) is 5. The van der Waals surface area contributed by atoms with Gasteiger partial charge in [-0.3, -0.25) is 4.79 Å². The largest absolute Gasteiger partial charge is 0.481 e. The van der Waals surface area contributed by atoms with Crippen molar-refractivity contribution in [2.24, 2.45) is 41.4 Å². The van der Waals surface area contributed by atoms with Crippen LogP contribution in [0, 0.1) is 41.4 Å². The summed E-state index contributed by atoms with van der Waals surface area (Å²) in [6.45, 7) is 14.6. The van der Waals surface area contributed by atoms with Gasteiger partial charge in [0.25, 0.3) is 0 Å². The van der Waals surface area contributed by atoms with Gasteiger partial charge in [0, 0.05) is 11.5 Å². The van der Waals surface area contributed by atoms with Crippen molar-refractivity contribution in [2.45, 2.75) is 91.5 Å². The van der Waals surface area contributed by atoms with Crippen LogP contribution >= 0.6 is 0 Å². The summed E-state index contributed by atoms with van der Waals surface area (Å²) >= 11 is 0. The topological polar surface area (TPSA) is 104 Å². The Kier molecular flexibility index (Phi) is 9.14. The predicted octanol–water partition coefficient (Wildman–Crippen LogP) is 4.04. The van der Waals surface area contributed by atoms with Crippen molar-refractivity contribution in [2.75, 3.05) is 0 Å². The number of carbonyl (C=O) groups excluding carboxylic acids is 1. The van der Waals surface area contributed by atoms with E-state index in [1.807, 2.05) is 0 Å². The molecule has 10 unspecified atom stereocenters. The van der Waals surface area contributed by atoms with Gasteiger partial charge in [0.1, 0.15) is 6.10 Å². The molecule has 0 aromatic rings. The fourth-order valence-electron chi connectivity index (χ4n) is 6.42. The normalized spacial score (nSPS) is 37.4. The lowest BCUT2D eigenvalue weighted by molar-refractivity contribution is -0.167. The third kappa shape index (κ3) is 6.55. The molecule has 10 atom stereocenters. The molecule has 178 valence electrons. The van der Waals surface area contributed by atoms with Crippen molar-refractivity contribution < 1.29 is 29.6 Å². The second-order valence-corrected chi connectivity index (χ2v) is 10.5. The molecule has 6 heteroatoms. The van der Waals surface area contributed by atoms with Gasteiger partial charge >= 0.3 is 11.9 Å². The quantitative estimate of drug-likeness (QED) is 0.371. The van der Waals surface area contributed by atoms with Gasteiger partial charge in [0.15, 0.2) is 0 Å². The van der Waals surface area contributed by atoms with Gasteiger partial charge in [-0.1, -0.05) is 34.3 Å². The molecule has 0 aromatic heterocycles. The summed E-state index contributed by atoms with van der Waals surface area (Å²) in [6.07, 6.45) is 1.03. The zero-order valence-electron chi connectivity index (χ0n) is 19.8. The summed E-state index contributed by atoms with van der Waals surface area (Å²) in [5.74, 6) is 1.62. The van der Waals surface area contributed by atoms with Gasteiger partial charge in [-0.25, -0.2) is 4.79 Å². The highest BCUT2D eigenvalue weighted by molar-refractivity contribution is 5.87. The first-order valence-electron chi connectivity index (χ1n) is 11.9. The van der Waals surface area contributed by atoms with E-state index in [0.717, 1.165) is 19.3 Å². The van der Waals surface area contributed by atoms with E-state index >= 15 is 0 Å². The van der Waals surface area contributed by atoms with E-state index in [1.54, 1.807) is 6.92 Å². The molecule has 0 aliphatic heterocycles. The van der Waals surface area contributed by atoms with Gasteiger partial charge < -0.3 is 20.1 Å². The summed E-state index contributed by atoms with van der Waals surface area (Å²) in [6, 6.07) is 0. The third-order valence-corrected chi connectivity index (χ3v) is 8.00. The maximum atomic E-state index is 12.4. The first-order chi connectivity index (χ1) is 14.4. The highest BCUT2D eigenvalue weighted by Gasteiger charge is 2.52.